The van der Waals surface area contributed by atoms with Crippen LogP contribution >= 0.6 is 0 Å². The highest BCUT2D eigenvalue weighted by Crippen LogP contribution is 2.25. The first kappa shape index (κ1) is 38.6. The topological polar surface area (TPSA) is 198 Å². The molecule has 0 radical (unpaired) electrons. The van der Waals surface area contributed by atoms with Crippen LogP contribution in [0.15, 0.2) is 97.1 Å². The second kappa shape index (κ2) is 19.8. The number of amides is 2. The molecule has 0 aliphatic rings. The first-order valence-corrected chi connectivity index (χ1v) is 16.8. The van der Waals surface area contributed by atoms with Gasteiger partial charge in [0.15, 0.2) is 0 Å². The average Bonchev–Trinajstić information content (AvgIpc) is 3.19. The van der Waals surface area contributed by atoms with Crippen LogP contribution in [0.2, 0.25) is 0 Å². The van der Waals surface area contributed by atoms with Crippen LogP contribution in [0.4, 0.5) is 33.6 Å². The van der Waals surface area contributed by atoms with Crippen molar-refractivity contribution in [1.82, 2.24) is 25.6 Å². The number of phenolic OH excluding ortho intramolecular Hbond substituents is 1. The third-order valence-corrected chi connectivity index (χ3v) is 7.53. The van der Waals surface area contributed by atoms with E-state index < -0.39 is 5.97 Å². The average molecular weight is 739 g/mol. The molecule has 54 heavy (non-hydrogen) atoms. The number of anilines is 5. The molecule has 0 unspecified atom stereocenters. The molecule has 0 aliphatic heterocycles. The van der Waals surface area contributed by atoms with Crippen molar-refractivity contribution in [2.45, 2.75) is 6.54 Å². The minimum absolute atomic E-state index is 0.0480. The van der Waals surface area contributed by atoms with Crippen LogP contribution in [0.1, 0.15) is 36.6 Å². The van der Waals surface area contributed by atoms with Gasteiger partial charge in [0.25, 0.3) is 11.8 Å². The van der Waals surface area contributed by atoms with E-state index in [-0.39, 0.29) is 53.3 Å². The molecule has 6 N–H and O–H groups in total. The van der Waals surface area contributed by atoms with Crippen LogP contribution in [0.25, 0.3) is 0 Å². The second-order valence-corrected chi connectivity index (χ2v) is 11.4. The number of hydrogen-bond acceptors (Lipinski definition) is 13. The number of carbonyl (C=O) groups is 3. The molecule has 1 aromatic heterocycles. The zero-order valence-electron chi connectivity index (χ0n) is 29.3. The van der Waals surface area contributed by atoms with Crippen molar-refractivity contribution in [2.24, 2.45) is 0 Å². The summed E-state index contributed by atoms with van der Waals surface area (Å²) >= 11 is 0. The van der Waals surface area contributed by atoms with E-state index in [1.54, 1.807) is 66.7 Å². The number of benzene rings is 4. The molecule has 0 fully saturated rings. The van der Waals surface area contributed by atoms with Crippen molar-refractivity contribution in [1.29, 1.82) is 0 Å². The number of phenols is 1. The van der Waals surface area contributed by atoms with Gasteiger partial charge in [0.1, 0.15) is 17.1 Å². The number of halogens is 1. The molecule has 280 valence electrons. The molecule has 16 heteroatoms. The Labute approximate surface area is 310 Å². The summed E-state index contributed by atoms with van der Waals surface area (Å²) < 4.78 is 29.1. The Morgan fingerprint density at radius 1 is 0.667 bits per heavy atom. The number of rotatable bonds is 19. The summed E-state index contributed by atoms with van der Waals surface area (Å²) in [6.07, 6.45) is 0. The summed E-state index contributed by atoms with van der Waals surface area (Å²) in [6.45, 7) is 2.26. The minimum atomic E-state index is -0.718. The molecule has 0 saturated heterocycles. The molecule has 1 heterocycles. The van der Waals surface area contributed by atoms with Crippen LogP contribution in [-0.2, 0) is 20.8 Å². The highest BCUT2D eigenvalue weighted by molar-refractivity contribution is 5.95. The standard InChI is InChI=1S/C38H39FN8O7/c1-52-35(51)31-23-30(15-16-32(31)48)44-38-46-36(41-18-20-54-22-21-53-19-17-40-33(49)26-5-3-2-4-6-26)45-37(47-38)43-29-13-9-27(10-14-29)34(50)42-24-25-7-11-28(39)12-8-25/h2-16,23,48H,17-22,24H2,1H3,(H,40,49)(H,42,50)(H3,41,43,44,45,46,47). The zero-order chi connectivity index (χ0) is 38.1. The molecule has 0 atom stereocenters. The van der Waals surface area contributed by atoms with Crippen LogP contribution in [-0.4, -0.2) is 84.5 Å². The summed E-state index contributed by atoms with van der Waals surface area (Å²) in [5.74, 6) is -1.31. The van der Waals surface area contributed by atoms with Crippen molar-refractivity contribution in [3.63, 3.8) is 0 Å². The number of aromatic nitrogens is 3. The molecular weight excluding hydrogens is 699 g/mol. The number of carbonyl (C=O) groups excluding carboxylic acids is 3. The summed E-state index contributed by atoms with van der Waals surface area (Å²) in [5.41, 5.74) is 2.69. The largest absolute Gasteiger partial charge is 0.507 e. The smallest absolute Gasteiger partial charge is 0.341 e. The molecule has 5 aromatic rings. The number of methoxy groups -OCH3 is 1. The van der Waals surface area contributed by atoms with Crippen molar-refractivity contribution in [2.75, 3.05) is 62.6 Å². The maximum atomic E-state index is 13.2. The maximum Gasteiger partial charge on any atom is 0.341 e. The Morgan fingerprint density at radius 3 is 1.94 bits per heavy atom. The van der Waals surface area contributed by atoms with E-state index in [2.05, 4.69) is 41.5 Å². The quantitative estimate of drug-likeness (QED) is 0.0384. The highest BCUT2D eigenvalue weighted by atomic mass is 19.1. The number of esters is 1. The lowest BCUT2D eigenvalue weighted by Crippen LogP contribution is -2.27. The van der Waals surface area contributed by atoms with Crippen LogP contribution in [0.3, 0.4) is 0 Å². The van der Waals surface area contributed by atoms with Crippen molar-refractivity contribution in [3.05, 3.63) is 125 Å². The predicted molar refractivity (Wildman–Crippen MR) is 199 cm³/mol. The van der Waals surface area contributed by atoms with Crippen molar-refractivity contribution in [3.8, 4) is 5.75 Å². The van der Waals surface area contributed by atoms with Crippen LogP contribution in [0, 0.1) is 5.82 Å². The Morgan fingerprint density at radius 2 is 1.26 bits per heavy atom. The molecule has 4 aromatic carbocycles. The predicted octanol–water partition coefficient (Wildman–Crippen LogP) is 4.80. The van der Waals surface area contributed by atoms with E-state index in [4.69, 9.17) is 14.2 Å². The van der Waals surface area contributed by atoms with Gasteiger partial charge in [-0.15, -0.1) is 0 Å². The van der Waals surface area contributed by atoms with Gasteiger partial charge in [0.2, 0.25) is 17.8 Å². The van der Waals surface area contributed by atoms with E-state index in [0.717, 1.165) is 5.56 Å². The fraction of sp³-hybridized carbons (Fsp3) is 0.211. The lowest BCUT2D eigenvalue weighted by molar-refractivity contribution is 0.0519. The van der Waals surface area contributed by atoms with Crippen molar-refractivity contribution >= 4 is 47.0 Å². The maximum absolute atomic E-state index is 13.2. The summed E-state index contributed by atoms with van der Waals surface area (Å²) in [6, 6.07) is 25.7. The molecular formula is C38H39FN8O7. The van der Waals surface area contributed by atoms with Crippen LogP contribution < -0.4 is 26.6 Å². The van der Waals surface area contributed by atoms with E-state index >= 15 is 0 Å². The Bertz CT molecular complexity index is 2000. The van der Waals surface area contributed by atoms with Gasteiger partial charge in [-0.3, -0.25) is 9.59 Å². The number of aromatic hydroxyl groups is 1. The third kappa shape index (κ3) is 12.0. The molecule has 15 nitrogen and oxygen atoms in total. The molecule has 0 spiro atoms. The monoisotopic (exact) mass is 738 g/mol. The van der Waals surface area contributed by atoms with Gasteiger partial charge in [0, 0.05) is 42.1 Å². The minimum Gasteiger partial charge on any atom is -0.507 e. The Balaban J connectivity index is 1.15. The normalized spacial score (nSPS) is 10.6. The van der Waals surface area contributed by atoms with E-state index in [9.17, 15) is 23.9 Å². The van der Waals surface area contributed by atoms with Crippen molar-refractivity contribution < 1.29 is 38.1 Å². The highest BCUT2D eigenvalue weighted by Gasteiger charge is 2.14. The van der Waals surface area contributed by atoms with Gasteiger partial charge >= 0.3 is 5.97 Å². The molecule has 2 amide bonds. The van der Waals surface area contributed by atoms with Gasteiger partial charge < -0.3 is 45.9 Å². The van der Waals surface area contributed by atoms with E-state index in [1.807, 2.05) is 6.07 Å². The number of nitrogens with zero attached hydrogens (tertiary/aromatic N) is 3. The van der Waals surface area contributed by atoms with Gasteiger partial charge in [-0.2, -0.15) is 15.0 Å². The van der Waals surface area contributed by atoms with Crippen LogP contribution in [0.5, 0.6) is 5.75 Å². The number of hydrogen-bond donors (Lipinski definition) is 6. The second-order valence-electron chi connectivity index (χ2n) is 11.4. The summed E-state index contributed by atoms with van der Waals surface area (Å²) in [5, 5.41) is 24.9. The number of ether oxygens (including phenoxy) is 3. The van der Waals surface area contributed by atoms with E-state index in [1.165, 1.54) is 31.4 Å². The first-order valence-electron chi connectivity index (χ1n) is 16.8. The summed E-state index contributed by atoms with van der Waals surface area (Å²) in [4.78, 5) is 50.2. The lowest BCUT2D eigenvalue weighted by atomic mass is 10.1. The molecule has 0 bridgehead atoms. The van der Waals surface area contributed by atoms with Gasteiger partial charge in [-0.25, -0.2) is 9.18 Å². The molecule has 0 saturated carbocycles. The fourth-order valence-electron chi connectivity index (χ4n) is 4.79. The molecule has 0 aliphatic carbocycles. The first-order chi connectivity index (χ1) is 26.3. The SMILES string of the molecule is COC(=O)c1cc(Nc2nc(NCCOCCOCCNC(=O)c3ccccc3)nc(Nc3ccc(C(=O)NCc4ccc(F)cc4)cc3)n2)ccc1O. The van der Waals surface area contributed by atoms with Gasteiger partial charge in [-0.1, -0.05) is 30.3 Å². The van der Waals surface area contributed by atoms with Gasteiger partial charge in [0.05, 0.1) is 33.5 Å². The Hall–Kier alpha value is -6.65. The lowest BCUT2D eigenvalue weighted by Gasteiger charge is -2.13. The Kier molecular flexibility index (Phi) is 14.2. The zero-order valence-corrected chi connectivity index (χ0v) is 29.3. The fourth-order valence-corrected chi connectivity index (χ4v) is 4.79. The summed E-state index contributed by atoms with van der Waals surface area (Å²) in [7, 11) is 1.21. The molecule has 5 rings (SSSR count). The number of nitrogens with one attached hydrogen (secondary N) is 5. The third-order valence-electron chi connectivity index (χ3n) is 7.53. The van der Waals surface area contributed by atoms with E-state index in [0.29, 0.717) is 62.0 Å². The van der Waals surface area contributed by atoms with Gasteiger partial charge in [-0.05, 0) is 72.3 Å².